The molecule has 0 saturated heterocycles. The van der Waals surface area contributed by atoms with E-state index in [1.165, 1.54) is 0 Å². The quantitative estimate of drug-likeness (QED) is 0.793. The number of para-hydroxylation sites is 1. The molecule has 0 saturated carbocycles. The minimum absolute atomic E-state index is 0.133. The Kier molecular flexibility index (Phi) is 4.55. The molecule has 0 bridgehead atoms. The molecular weight excluding hydrogens is 326 g/mol. The fourth-order valence-corrected chi connectivity index (χ4v) is 3.85. The topological polar surface area (TPSA) is 87.3 Å². The van der Waals surface area contributed by atoms with Crippen molar-refractivity contribution >= 4 is 21.6 Å². The van der Waals surface area contributed by atoms with Crippen LogP contribution in [0.2, 0.25) is 0 Å². The van der Waals surface area contributed by atoms with E-state index in [0.717, 1.165) is 12.0 Å². The van der Waals surface area contributed by atoms with Crippen LogP contribution in [-0.2, 0) is 10.0 Å². The highest BCUT2D eigenvalue weighted by atomic mass is 32.2. The van der Waals surface area contributed by atoms with Crippen LogP contribution in [0.1, 0.15) is 35.4 Å². The molecule has 24 heavy (non-hydrogen) atoms. The largest absolute Gasteiger partial charge is 0.364 e. The standard InChI is InChI=1S/C17H19N3O3S/c1-2-11-18-17(21)13-9-7-12(8-10-13)16-19-14-5-3-4-6-15(14)24(22,23)20-16/h3-10,16,19-20H,2,11H2,1H3,(H,18,21)/t16-/m1/s1. The van der Waals surface area contributed by atoms with Crippen LogP contribution in [0.4, 0.5) is 5.69 Å². The van der Waals surface area contributed by atoms with Gasteiger partial charge in [0.15, 0.2) is 0 Å². The van der Waals surface area contributed by atoms with Crippen LogP contribution in [0.5, 0.6) is 0 Å². The Bertz CT molecular complexity index is 848. The van der Waals surface area contributed by atoms with Crippen LogP contribution < -0.4 is 15.4 Å². The molecule has 126 valence electrons. The molecule has 0 fully saturated rings. The van der Waals surface area contributed by atoms with Gasteiger partial charge in [0.05, 0.1) is 5.69 Å². The van der Waals surface area contributed by atoms with Crippen molar-refractivity contribution in [3.05, 3.63) is 59.7 Å². The fraction of sp³-hybridized carbons (Fsp3) is 0.235. The first kappa shape index (κ1) is 16.5. The predicted molar refractivity (Wildman–Crippen MR) is 92.2 cm³/mol. The fourth-order valence-electron chi connectivity index (χ4n) is 2.54. The molecule has 1 aliphatic rings. The van der Waals surface area contributed by atoms with Gasteiger partial charge in [0.25, 0.3) is 5.91 Å². The summed E-state index contributed by atoms with van der Waals surface area (Å²) in [6.45, 7) is 2.61. The van der Waals surface area contributed by atoms with Gasteiger partial charge in [0, 0.05) is 12.1 Å². The van der Waals surface area contributed by atoms with Gasteiger partial charge in [0.2, 0.25) is 10.0 Å². The number of nitrogens with one attached hydrogen (secondary N) is 3. The average Bonchev–Trinajstić information content (AvgIpc) is 2.59. The Morgan fingerprint density at radius 2 is 1.83 bits per heavy atom. The molecule has 3 rings (SSSR count). The lowest BCUT2D eigenvalue weighted by Gasteiger charge is -2.28. The first-order valence-corrected chi connectivity index (χ1v) is 9.25. The van der Waals surface area contributed by atoms with E-state index >= 15 is 0 Å². The molecule has 0 spiro atoms. The molecule has 0 unspecified atom stereocenters. The van der Waals surface area contributed by atoms with Gasteiger partial charge in [-0.1, -0.05) is 31.2 Å². The van der Waals surface area contributed by atoms with E-state index < -0.39 is 16.2 Å². The molecule has 1 atom stereocenters. The second kappa shape index (κ2) is 6.62. The number of carbonyl (C=O) groups is 1. The van der Waals surface area contributed by atoms with Crippen molar-refractivity contribution in [2.45, 2.75) is 24.4 Å². The van der Waals surface area contributed by atoms with Crippen molar-refractivity contribution in [3.8, 4) is 0 Å². The molecule has 0 aromatic heterocycles. The zero-order valence-corrected chi connectivity index (χ0v) is 14.1. The summed E-state index contributed by atoms with van der Waals surface area (Å²) < 4.78 is 27.3. The number of fused-ring (bicyclic) bond motifs is 1. The van der Waals surface area contributed by atoms with Gasteiger partial charge in [-0.2, -0.15) is 4.72 Å². The van der Waals surface area contributed by atoms with Crippen molar-refractivity contribution in [1.82, 2.24) is 10.0 Å². The zero-order chi connectivity index (χ0) is 17.2. The highest BCUT2D eigenvalue weighted by molar-refractivity contribution is 7.89. The van der Waals surface area contributed by atoms with E-state index in [4.69, 9.17) is 0 Å². The number of rotatable bonds is 4. The first-order chi connectivity index (χ1) is 11.5. The summed E-state index contributed by atoms with van der Waals surface area (Å²) >= 11 is 0. The summed E-state index contributed by atoms with van der Waals surface area (Å²) in [4.78, 5) is 12.2. The Morgan fingerprint density at radius 1 is 1.12 bits per heavy atom. The Labute approximate surface area is 141 Å². The molecule has 2 aromatic carbocycles. The molecular formula is C17H19N3O3S. The SMILES string of the molecule is CCCNC(=O)c1ccc([C@@H]2Nc3ccccc3S(=O)(=O)N2)cc1. The average molecular weight is 345 g/mol. The first-order valence-electron chi connectivity index (χ1n) is 7.77. The van der Waals surface area contributed by atoms with Gasteiger partial charge in [0.1, 0.15) is 11.1 Å². The molecule has 1 aliphatic heterocycles. The molecule has 0 radical (unpaired) electrons. The lowest BCUT2D eigenvalue weighted by atomic mass is 10.1. The van der Waals surface area contributed by atoms with Crippen LogP contribution in [0.15, 0.2) is 53.4 Å². The summed E-state index contributed by atoms with van der Waals surface area (Å²) in [7, 11) is -3.57. The van der Waals surface area contributed by atoms with Crippen molar-refractivity contribution in [2.24, 2.45) is 0 Å². The van der Waals surface area contributed by atoms with E-state index in [1.54, 1.807) is 48.5 Å². The Balaban J connectivity index is 1.82. The molecule has 1 heterocycles. The highest BCUT2D eigenvalue weighted by Crippen LogP contribution is 2.30. The third kappa shape index (κ3) is 3.27. The summed E-state index contributed by atoms with van der Waals surface area (Å²) in [6.07, 6.45) is 0.300. The molecule has 2 aromatic rings. The van der Waals surface area contributed by atoms with Crippen molar-refractivity contribution < 1.29 is 13.2 Å². The van der Waals surface area contributed by atoms with Crippen molar-refractivity contribution in [2.75, 3.05) is 11.9 Å². The molecule has 1 amide bonds. The third-order valence-electron chi connectivity index (χ3n) is 3.79. The maximum Gasteiger partial charge on any atom is 0.251 e. The lowest BCUT2D eigenvalue weighted by molar-refractivity contribution is 0.0953. The zero-order valence-electron chi connectivity index (χ0n) is 13.2. The molecule has 3 N–H and O–H groups in total. The van der Waals surface area contributed by atoms with E-state index in [0.29, 0.717) is 17.8 Å². The van der Waals surface area contributed by atoms with E-state index in [-0.39, 0.29) is 10.8 Å². The van der Waals surface area contributed by atoms with Gasteiger partial charge in [-0.3, -0.25) is 4.79 Å². The maximum absolute atomic E-state index is 12.3. The summed E-state index contributed by atoms with van der Waals surface area (Å²) in [6, 6.07) is 13.6. The van der Waals surface area contributed by atoms with Crippen LogP contribution in [-0.4, -0.2) is 20.9 Å². The van der Waals surface area contributed by atoms with Crippen molar-refractivity contribution in [3.63, 3.8) is 0 Å². The monoisotopic (exact) mass is 345 g/mol. The van der Waals surface area contributed by atoms with Gasteiger partial charge in [-0.25, -0.2) is 8.42 Å². The summed E-state index contributed by atoms with van der Waals surface area (Å²) in [5, 5.41) is 5.97. The number of anilines is 1. The Hall–Kier alpha value is -2.38. The number of carbonyl (C=O) groups excluding carboxylic acids is 1. The van der Waals surface area contributed by atoms with Gasteiger partial charge >= 0.3 is 0 Å². The smallest absolute Gasteiger partial charge is 0.251 e. The van der Waals surface area contributed by atoms with Gasteiger partial charge < -0.3 is 10.6 Å². The van der Waals surface area contributed by atoms with E-state index in [9.17, 15) is 13.2 Å². The van der Waals surface area contributed by atoms with Crippen molar-refractivity contribution in [1.29, 1.82) is 0 Å². The third-order valence-corrected chi connectivity index (χ3v) is 5.27. The maximum atomic E-state index is 12.3. The number of hydrogen-bond donors (Lipinski definition) is 3. The van der Waals surface area contributed by atoms with Crippen LogP contribution >= 0.6 is 0 Å². The molecule has 6 nitrogen and oxygen atoms in total. The predicted octanol–water partition coefficient (Wildman–Crippen LogP) is 2.23. The number of amides is 1. The number of sulfonamides is 1. The second-order valence-electron chi connectivity index (χ2n) is 5.57. The Morgan fingerprint density at radius 3 is 2.54 bits per heavy atom. The van der Waals surface area contributed by atoms with Crippen LogP contribution in [0, 0.1) is 0 Å². The van der Waals surface area contributed by atoms with E-state index in [1.807, 2.05) is 6.92 Å². The lowest BCUT2D eigenvalue weighted by Crippen LogP contribution is -2.38. The highest BCUT2D eigenvalue weighted by Gasteiger charge is 2.29. The minimum Gasteiger partial charge on any atom is -0.364 e. The van der Waals surface area contributed by atoms with Crippen LogP contribution in [0.25, 0.3) is 0 Å². The van der Waals surface area contributed by atoms with Gasteiger partial charge in [-0.05, 0) is 36.2 Å². The second-order valence-corrected chi connectivity index (χ2v) is 7.26. The summed E-state index contributed by atoms with van der Waals surface area (Å²) in [5.41, 5.74) is 1.84. The number of benzene rings is 2. The summed E-state index contributed by atoms with van der Waals surface area (Å²) in [5.74, 6) is -0.133. The molecule has 7 heteroatoms. The van der Waals surface area contributed by atoms with E-state index in [2.05, 4.69) is 15.4 Å². The van der Waals surface area contributed by atoms with Crippen LogP contribution in [0.3, 0.4) is 0 Å². The van der Waals surface area contributed by atoms with Gasteiger partial charge in [-0.15, -0.1) is 0 Å². The number of hydrogen-bond acceptors (Lipinski definition) is 4. The molecule has 0 aliphatic carbocycles. The minimum atomic E-state index is -3.57. The normalized spacial score (nSPS) is 18.3.